The fraction of sp³-hybridized carbons (Fsp3) is 0.536. The molecule has 1 aromatic heterocycles. The number of piperazine rings is 1. The van der Waals surface area contributed by atoms with Crippen LogP contribution in [0.3, 0.4) is 0 Å². The molecule has 0 saturated carbocycles. The summed E-state index contributed by atoms with van der Waals surface area (Å²) in [5, 5.41) is 12.3. The van der Waals surface area contributed by atoms with Gasteiger partial charge in [-0.2, -0.15) is 0 Å². The number of fused-ring (bicyclic) bond motifs is 6. The molecule has 5 aliphatic rings. The van der Waals surface area contributed by atoms with Crippen molar-refractivity contribution in [3.63, 3.8) is 0 Å². The van der Waals surface area contributed by atoms with Crippen LogP contribution in [-0.2, 0) is 27.4 Å². The highest BCUT2D eigenvalue weighted by Gasteiger charge is 2.56. The van der Waals surface area contributed by atoms with E-state index < -0.39 is 23.4 Å². The van der Waals surface area contributed by atoms with Crippen molar-refractivity contribution >= 4 is 28.5 Å². The van der Waals surface area contributed by atoms with E-state index in [-0.39, 0.29) is 18.9 Å². The average molecular weight is 521 g/mol. The minimum atomic E-state index is -1.73. The summed E-state index contributed by atoms with van der Waals surface area (Å²) in [6.45, 7) is 7.76. The zero-order valence-electron chi connectivity index (χ0n) is 21.7. The molecule has 10 nitrogen and oxygen atoms in total. The van der Waals surface area contributed by atoms with Gasteiger partial charge in [0.15, 0.2) is 17.1 Å². The number of aromatic nitrogens is 1. The molecule has 1 aromatic carbocycles. The molecule has 6 heterocycles. The van der Waals surface area contributed by atoms with E-state index in [0.717, 1.165) is 60.4 Å². The Kier molecular flexibility index (Phi) is 5.44. The number of carbonyl (C=O) groups excluding carboxylic acids is 2. The van der Waals surface area contributed by atoms with Crippen LogP contribution in [0.25, 0.3) is 16.6 Å². The third-order valence-corrected chi connectivity index (χ3v) is 8.89. The minimum Gasteiger partial charge on any atom is -0.486 e. The van der Waals surface area contributed by atoms with Crippen LogP contribution in [0.1, 0.15) is 30.2 Å². The molecule has 200 valence electrons. The Labute approximate surface area is 220 Å². The van der Waals surface area contributed by atoms with E-state index >= 15 is 0 Å². The lowest BCUT2D eigenvalue weighted by atomic mass is 9.72. The van der Waals surface area contributed by atoms with Crippen molar-refractivity contribution < 1.29 is 28.9 Å². The molecular weight excluding hydrogens is 488 g/mol. The molecule has 38 heavy (non-hydrogen) atoms. The van der Waals surface area contributed by atoms with Crippen molar-refractivity contribution in [2.45, 2.75) is 32.0 Å². The largest absolute Gasteiger partial charge is 0.486 e. The number of aliphatic hydroxyl groups is 1. The summed E-state index contributed by atoms with van der Waals surface area (Å²) >= 11 is 0. The van der Waals surface area contributed by atoms with E-state index in [1.165, 1.54) is 0 Å². The monoisotopic (exact) mass is 520 g/mol. The summed E-state index contributed by atoms with van der Waals surface area (Å²) in [6.07, 6.45) is 2.05. The second kappa shape index (κ2) is 8.65. The number of nitrogens with zero attached hydrogens (tertiary/aromatic N) is 4. The topological polar surface area (TPSA) is 105 Å². The van der Waals surface area contributed by atoms with Gasteiger partial charge in [-0.05, 0) is 25.1 Å². The Morgan fingerprint density at radius 3 is 2.55 bits per heavy atom. The Morgan fingerprint density at radius 1 is 1.08 bits per heavy atom. The number of rotatable bonds is 3. The van der Waals surface area contributed by atoms with Gasteiger partial charge < -0.3 is 29.1 Å². The summed E-state index contributed by atoms with van der Waals surface area (Å²) in [5.41, 5.74) is 2.61. The standard InChI is InChI=1S/C28H32N4O6/c1-3-28(35)20-11-22-25-18(14-32(22)26(33)19(20)15-38-27(28)34)17(13-31-6-4-30(2)5-7-31)16-10-23-24(12-21(16)29-25)37-9-8-36-23/h10-12,19-20,35H,3-9,13-15H2,1-2H3. The van der Waals surface area contributed by atoms with Crippen LogP contribution in [0.4, 0.5) is 0 Å². The molecule has 0 aliphatic carbocycles. The van der Waals surface area contributed by atoms with E-state index in [9.17, 15) is 14.7 Å². The average Bonchev–Trinajstić information content (AvgIpc) is 3.30. The van der Waals surface area contributed by atoms with Crippen molar-refractivity contribution in [1.82, 2.24) is 19.7 Å². The minimum absolute atomic E-state index is 0.0216. The maximum atomic E-state index is 13.8. The SMILES string of the molecule is CCC1(O)C(=O)OCC2C(=O)N3Cc4c(nc5cc6c(cc5c4CN4CCN(C)CC4)OCCO6)C3=CC21. The second-order valence-electron chi connectivity index (χ2n) is 11.0. The smallest absolute Gasteiger partial charge is 0.338 e. The maximum Gasteiger partial charge on any atom is 0.338 e. The van der Waals surface area contributed by atoms with Gasteiger partial charge in [0.1, 0.15) is 19.8 Å². The highest BCUT2D eigenvalue weighted by atomic mass is 16.6. The Bertz CT molecular complexity index is 1380. The predicted molar refractivity (Wildman–Crippen MR) is 137 cm³/mol. The van der Waals surface area contributed by atoms with E-state index in [1.54, 1.807) is 11.8 Å². The molecule has 5 aliphatic heterocycles. The summed E-state index contributed by atoms with van der Waals surface area (Å²) in [7, 11) is 2.14. The van der Waals surface area contributed by atoms with Crippen molar-refractivity contribution in [1.29, 1.82) is 0 Å². The third-order valence-electron chi connectivity index (χ3n) is 8.89. The van der Waals surface area contributed by atoms with E-state index in [0.29, 0.717) is 37.0 Å². The van der Waals surface area contributed by atoms with Crippen LogP contribution in [0.2, 0.25) is 0 Å². The van der Waals surface area contributed by atoms with Crippen LogP contribution >= 0.6 is 0 Å². The van der Waals surface area contributed by atoms with Gasteiger partial charge in [-0.15, -0.1) is 0 Å². The lowest BCUT2D eigenvalue weighted by molar-refractivity contribution is -0.190. The maximum absolute atomic E-state index is 13.8. The van der Waals surface area contributed by atoms with Crippen LogP contribution in [-0.4, -0.2) is 95.3 Å². The van der Waals surface area contributed by atoms with Crippen molar-refractivity contribution in [3.8, 4) is 11.5 Å². The number of amides is 1. The van der Waals surface area contributed by atoms with Gasteiger partial charge in [-0.25, -0.2) is 9.78 Å². The van der Waals surface area contributed by atoms with Crippen LogP contribution in [0.5, 0.6) is 11.5 Å². The summed E-state index contributed by atoms with van der Waals surface area (Å²) < 4.78 is 17.0. The number of esters is 1. The van der Waals surface area contributed by atoms with E-state index in [1.807, 2.05) is 18.2 Å². The van der Waals surface area contributed by atoms with Crippen LogP contribution in [0.15, 0.2) is 18.2 Å². The molecular formula is C28H32N4O6. The first kappa shape index (κ1) is 23.9. The number of ether oxygens (including phenoxy) is 3. The molecule has 10 heteroatoms. The Hall–Kier alpha value is -3.21. The number of pyridine rings is 1. The third kappa shape index (κ3) is 3.47. The number of hydrogen-bond donors (Lipinski definition) is 1. The zero-order chi connectivity index (χ0) is 26.2. The summed E-state index contributed by atoms with van der Waals surface area (Å²) in [6, 6.07) is 3.95. The van der Waals surface area contributed by atoms with E-state index in [4.69, 9.17) is 19.2 Å². The molecule has 2 saturated heterocycles. The molecule has 0 spiro atoms. The van der Waals surface area contributed by atoms with Gasteiger partial charge in [0, 0.05) is 55.7 Å². The normalized spacial score (nSPS) is 29.0. The van der Waals surface area contributed by atoms with Gasteiger partial charge in [0.05, 0.1) is 29.4 Å². The van der Waals surface area contributed by atoms with Crippen LogP contribution < -0.4 is 9.47 Å². The fourth-order valence-corrected chi connectivity index (χ4v) is 6.53. The molecule has 7 rings (SSSR count). The van der Waals surface area contributed by atoms with Crippen LogP contribution in [0, 0.1) is 11.8 Å². The fourth-order valence-electron chi connectivity index (χ4n) is 6.53. The quantitative estimate of drug-likeness (QED) is 0.601. The molecule has 2 fully saturated rings. The second-order valence-corrected chi connectivity index (χ2v) is 11.0. The van der Waals surface area contributed by atoms with Crippen molar-refractivity contribution in [2.24, 2.45) is 11.8 Å². The zero-order valence-corrected chi connectivity index (χ0v) is 21.7. The lowest BCUT2D eigenvalue weighted by Gasteiger charge is -2.44. The lowest BCUT2D eigenvalue weighted by Crippen LogP contribution is -2.58. The molecule has 1 amide bonds. The molecule has 3 atom stereocenters. The number of carbonyl (C=O) groups is 2. The molecule has 3 unspecified atom stereocenters. The molecule has 0 bridgehead atoms. The number of likely N-dealkylation sites (N-methyl/N-ethyl adjacent to an activating group) is 1. The molecule has 2 aromatic rings. The number of hydrogen-bond acceptors (Lipinski definition) is 9. The van der Waals surface area contributed by atoms with E-state index in [2.05, 4.69) is 16.8 Å². The number of benzene rings is 1. The highest BCUT2D eigenvalue weighted by molar-refractivity contribution is 5.98. The number of cyclic esters (lactones) is 1. The summed E-state index contributed by atoms with van der Waals surface area (Å²) in [4.78, 5) is 37.9. The van der Waals surface area contributed by atoms with Gasteiger partial charge in [-0.1, -0.05) is 13.0 Å². The van der Waals surface area contributed by atoms with Gasteiger partial charge in [-0.3, -0.25) is 9.69 Å². The molecule has 1 N–H and O–H groups in total. The first-order valence-electron chi connectivity index (χ1n) is 13.5. The first-order chi connectivity index (χ1) is 18.4. The predicted octanol–water partition coefficient (Wildman–Crippen LogP) is 1.38. The molecule has 0 radical (unpaired) electrons. The first-order valence-corrected chi connectivity index (χ1v) is 13.5. The van der Waals surface area contributed by atoms with Crippen molar-refractivity contribution in [3.05, 3.63) is 35.0 Å². The summed E-state index contributed by atoms with van der Waals surface area (Å²) in [5.74, 6) is -0.682. The van der Waals surface area contributed by atoms with Gasteiger partial charge >= 0.3 is 5.97 Å². The Morgan fingerprint density at radius 2 is 1.82 bits per heavy atom. The van der Waals surface area contributed by atoms with Crippen molar-refractivity contribution in [2.75, 3.05) is 53.0 Å². The van der Waals surface area contributed by atoms with Gasteiger partial charge in [0.2, 0.25) is 5.91 Å². The Balaban J connectivity index is 1.39. The van der Waals surface area contributed by atoms with Gasteiger partial charge in [0.25, 0.3) is 0 Å². The highest BCUT2D eigenvalue weighted by Crippen LogP contribution is 2.48.